The molecule has 1 fully saturated rings. The maximum Gasteiger partial charge on any atom is 0.262 e. The van der Waals surface area contributed by atoms with E-state index in [0.717, 1.165) is 12.0 Å². The van der Waals surface area contributed by atoms with Crippen molar-refractivity contribution in [2.75, 3.05) is 4.90 Å². The van der Waals surface area contributed by atoms with Crippen LogP contribution in [0.4, 0.5) is 5.69 Å². The molecule has 2 amide bonds. The van der Waals surface area contributed by atoms with Gasteiger partial charge in [-0.1, -0.05) is 61.2 Å². The first kappa shape index (κ1) is 18.7. The summed E-state index contributed by atoms with van der Waals surface area (Å²) < 4.78 is 0. The molecule has 2 aromatic rings. The molecular weight excluding hydrogens is 358 g/mol. The maximum atomic E-state index is 13.1. The van der Waals surface area contributed by atoms with Gasteiger partial charge in [0.25, 0.3) is 5.91 Å². The lowest BCUT2D eigenvalue weighted by Gasteiger charge is -2.18. The molecule has 0 aliphatic carbocycles. The minimum absolute atomic E-state index is 0.158. The van der Waals surface area contributed by atoms with Crippen LogP contribution in [0.2, 0.25) is 0 Å². The van der Waals surface area contributed by atoms with E-state index >= 15 is 0 Å². The van der Waals surface area contributed by atoms with E-state index in [2.05, 4.69) is 19.1 Å². The molecule has 5 nitrogen and oxygen atoms in total. The van der Waals surface area contributed by atoms with Gasteiger partial charge < -0.3 is 5.73 Å². The van der Waals surface area contributed by atoms with Gasteiger partial charge in [-0.05, 0) is 36.1 Å². The van der Waals surface area contributed by atoms with Crippen LogP contribution in [0, 0.1) is 11.3 Å². The zero-order chi connectivity index (χ0) is 19.4. The summed E-state index contributed by atoms with van der Waals surface area (Å²) in [5.41, 5.74) is 8.06. The van der Waals surface area contributed by atoms with Crippen molar-refractivity contribution in [1.29, 1.82) is 5.26 Å². The molecule has 136 valence electrons. The van der Waals surface area contributed by atoms with Gasteiger partial charge in [-0.2, -0.15) is 5.26 Å². The number of para-hydroxylation sites is 1. The molecule has 1 aliphatic rings. The number of anilines is 1. The van der Waals surface area contributed by atoms with Crippen molar-refractivity contribution < 1.29 is 9.59 Å². The van der Waals surface area contributed by atoms with E-state index in [4.69, 9.17) is 5.73 Å². The average Bonchev–Trinajstić information content (AvgIpc) is 2.99. The number of thioether (sulfide) groups is 1. The second kappa shape index (κ2) is 8.11. The predicted octanol–water partition coefficient (Wildman–Crippen LogP) is 3.16. The number of nitrogens with zero attached hydrogens (tertiary/aromatic N) is 2. The molecule has 0 bridgehead atoms. The SMILES string of the molecule is CCc1ccc(C[C@H]2S/C(=C(/C#N)C(N)=O)N(c3ccccc3)C2=O)cc1. The number of hydrogen-bond donors (Lipinski definition) is 1. The van der Waals surface area contributed by atoms with E-state index in [1.165, 1.54) is 22.2 Å². The summed E-state index contributed by atoms with van der Waals surface area (Å²) in [5, 5.41) is 9.26. The van der Waals surface area contributed by atoms with Gasteiger partial charge in [0.1, 0.15) is 16.7 Å². The highest BCUT2D eigenvalue weighted by molar-refractivity contribution is 8.05. The fourth-order valence-electron chi connectivity index (χ4n) is 2.94. The van der Waals surface area contributed by atoms with Gasteiger partial charge in [0.15, 0.2) is 0 Å². The molecule has 0 radical (unpaired) electrons. The Labute approximate surface area is 162 Å². The number of carbonyl (C=O) groups excluding carboxylic acids is 2. The van der Waals surface area contributed by atoms with Crippen molar-refractivity contribution >= 4 is 29.3 Å². The molecule has 27 heavy (non-hydrogen) atoms. The molecule has 1 atom stereocenters. The van der Waals surface area contributed by atoms with E-state index in [-0.39, 0.29) is 11.5 Å². The van der Waals surface area contributed by atoms with Crippen LogP contribution in [0.3, 0.4) is 0 Å². The molecule has 3 rings (SSSR count). The van der Waals surface area contributed by atoms with Crippen LogP contribution < -0.4 is 10.6 Å². The summed E-state index contributed by atoms with van der Waals surface area (Å²) in [6.45, 7) is 2.09. The molecule has 1 aliphatic heterocycles. The first-order valence-corrected chi connectivity index (χ1v) is 9.50. The fourth-order valence-corrected chi connectivity index (χ4v) is 4.25. The van der Waals surface area contributed by atoms with Gasteiger partial charge in [-0.15, -0.1) is 0 Å². The van der Waals surface area contributed by atoms with Crippen molar-refractivity contribution in [3.63, 3.8) is 0 Å². The van der Waals surface area contributed by atoms with Crippen molar-refractivity contribution in [3.05, 3.63) is 76.3 Å². The molecule has 0 aromatic heterocycles. The molecule has 2 N–H and O–H groups in total. The summed E-state index contributed by atoms with van der Waals surface area (Å²) in [7, 11) is 0. The zero-order valence-corrected chi connectivity index (χ0v) is 15.7. The Morgan fingerprint density at radius 1 is 1.15 bits per heavy atom. The van der Waals surface area contributed by atoms with Crippen LogP contribution in [-0.2, 0) is 22.4 Å². The number of benzene rings is 2. The lowest BCUT2D eigenvalue weighted by Crippen LogP contribution is -2.31. The highest BCUT2D eigenvalue weighted by Crippen LogP contribution is 2.41. The summed E-state index contributed by atoms with van der Waals surface area (Å²) in [6.07, 6.45) is 1.47. The van der Waals surface area contributed by atoms with Gasteiger partial charge in [0.2, 0.25) is 5.91 Å². The minimum atomic E-state index is -0.832. The third-order valence-corrected chi connectivity index (χ3v) is 5.65. The van der Waals surface area contributed by atoms with Crippen LogP contribution in [0.25, 0.3) is 0 Å². The number of rotatable bonds is 5. The molecule has 6 heteroatoms. The van der Waals surface area contributed by atoms with Gasteiger partial charge in [-0.3, -0.25) is 14.5 Å². The van der Waals surface area contributed by atoms with Crippen molar-refractivity contribution in [2.45, 2.75) is 25.0 Å². The van der Waals surface area contributed by atoms with Gasteiger partial charge >= 0.3 is 0 Å². The number of carbonyl (C=O) groups is 2. The zero-order valence-electron chi connectivity index (χ0n) is 14.9. The Bertz CT molecular complexity index is 930. The molecule has 0 unspecified atom stereocenters. The van der Waals surface area contributed by atoms with Gasteiger partial charge in [0.05, 0.1) is 5.25 Å². The molecule has 0 saturated carbocycles. The number of primary amides is 1. The second-order valence-corrected chi connectivity index (χ2v) is 7.34. The van der Waals surface area contributed by atoms with Crippen molar-refractivity contribution in [1.82, 2.24) is 0 Å². The van der Waals surface area contributed by atoms with E-state index in [9.17, 15) is 14.9 Å². The fraction of sp³-hybridized carbons (Fsp3) is 0.190. The molecule has 0 spiro atoms. The highest BCUT2D eigenvalue weighted by atomic mass is 32.2. The quantitative estimate of drug-likeness (QED) is 0.640. The lowest BCUT2D eigenvalue weighted by atomic mass is 10.1. The van der Waals surface area contributed by atoms with E-state index in [1.807, 2.05) is 24.3 Å². The monoisotopic (exact) mass is 377 g/mol. The van der Waals surface area contributed by atoms with Crippen LogP contribution >= 0.6 is 11.8 Å². The standard InChI is InChI=1S/C21H19N3O2S/c1-2-14-8-10-15(11-9-14)12-18-20(26)24(16-6-4-3-5-7-16)21(27-18)17(13-22)19(23)25/h3-11,18H,2,12H2,1H3,(H2,23,25)/b21-17-/t18-/m1/s1. The Morgan fingerprint density at radius 3 is 2.33 bits per heavy atom. The topological polar surface area (TPSA) is 87.2 Å². The predicted molar refractivity (Wildman–Crippen MR) is 107 cm³/mol. The summed E-state index contributed by atoms with van der Waals surface area (Å²) in [4.78, 5) is 26.3. The third kappa shape index (κ3) is 3.88. The van der Waals surface area contributed by atoms with Crippen molar-refractivity contribution in [2.24, 2.45) is 5.73 Å². The number of aryl methyl sites for hydroxylation is 1. The van der Waals surface area contributed by atoms with Crippen LogP contribution in [0.5, 0.6) is 0 Å². The third-order valence-electron chi connectivity index (χ3n) is 4.39. The Balaban J connectivity index is 1.97. The average molecular weight is 377 g/mol. The van der Waals surface area contributed by atoms with E-state index in [0.29, 0.717) is 17.1 Å². The Kier molecular flexibility index (Phi) is 5.63. The number of nitrogens with two attached hydrogens (primary N) is 1. The number of amides is 2. The Morgan fingerprint density at radius 2 is 1.78 bits per heavy atom. The summed E-state index contributed by atoms with van der Waals surface area (Å²) in [5.74, 6) is -0.989. The van der Waals surface area contributed by atoms with Gasteiger partial charge in [-0.25, -0.2) is 0 Å². The normalized spacial score (nSPS) is 18.3. The van der Waals surface area contributed by atoms with Crippen molar-refractivity contribution in [3.8, 4) is 6.07 Å². The lowest BCUT2D eigenvalue weighted by molar-refractivity contribution is -0.117. The second-order valence-electron chi connectivity index (χ2n) is 6.15. The molecule has 2 aromatic carbocycles. The maximum absolute atomic E-state index is 13.1. The van der Waals surface area contributed by atoms with E-state index < -0.39 is 11.2 Å². The highest BCUT2D eigenvalue weighted by Gasteiger charge is 2.40. The first-order chi connectivity index (χ1) is 13.0. The van der Waals surface area contributed by atoms with Crippen LogP contribution in [0.15, 0.2) is 65.2 Å². The first-order valence-electron chi connectivity index (χ1n) is 8.62. The summed E-state index contributed by atoms with van der Waals surface area (Å²) in [6, 6.07) is 19.0. The number of nitriles is 1. The molecule has 1 saturated heterocycles. The number of hydrogen-bond acceptors (Lipinski definition) is 4. The van der Waals surface area contributed by atoms with E-state index in [1.54, 1.807) is 24.3 Å². The van der Waals surface area contributed by atoms with Crippen LogP contribution in [0.1, 0.15) is 18.1 Å². The minimum Gasteiger partial charge on any atom is -0.365 e. The molecular formula is C21H19N3O2S. The van der Waals surface area contributed by atoms with Crippen LogP contribution in [-0.4, -0.2) is 17.1 Å². The summed E-state index contributed by atoms with van der Waals surface area (Å²) >= 11 is 1.22. The smallest absolute Gasteiger partial charge is 0.262 e. The molecule has 1 heterocycles. The largest absolute Gasteiger partial charge is 0.365 e. The van der Waals surface area contributed by atoms with Gasteiger partial charge in [0, 0.05) is 5.69 Å². The Hall–Kier alpha value is -3.04.